The van der Waals surface area contributed by atoms with Crippen LogP contribution in [-0.4, -0.2) is 0 Å². The molecule has 2 heteroatoms. The van der Waals surface area contributed by atoms with Gasteiger partial charge in [0, 0.05) is 16.5 Å². The van der Waals surface area contributed by atoms with E-state index in [9.17, 15) is 0 Å². The molecule has 2 nitrogen and oxygen atoms in total. The van der Waals surface area contributed by atoms with Crippen molar-refractivity contribution in [2.45, 2.75) is 0 Å². The second kappa shape index (κ2) is 3.50. The van der Waals surface area contributed by atoms with Crippen LogP contribution in [0.25, 0.3) is 21.5 Å². The molecule has 0 bridgehead atoms. The van der Waals surface area contributed by atoms with E-state index >= 15 is 0 Å². The molecule has 3 rings (SSSR count). The highest BCUT2D eigenvalue weighted by Crippen LogP contribution is 2.30. The van der Waals surface area contributed by atoms with Gasteiger partial charge in [-0.15, -0.1) is 0 Å². The minimum Gasteiger partial charge on any atom is -0.398 e. The second-order valence-electron chi connectivity index (χ2n) is 4.06. The molecule has 0 aliphatic heterocycles. The molecule has 0 atom stereocenters. The van der Waals surface area contributed by atoms with Gasteiger partial charge in [-0.25, -0.2) is 0 Å². The van der Waals surface area contributed by atoms with Crippen molar-refractivity contribution in [2.24, 2.45) is 0 Å². The molecule has 0 heterocycles. The molecule has 2 N–H and O–H groups in total. The number of nitrogens with zero attached hydrogens (tertiary/aromatic N) is 1. The number of hydrogen-bond acceptors (Lipinski definition) is 2. The number of nitrogens with two attached hydrogens (primary N) is 1. The normalized spacial score (nSPS) is 10.5. The monoisotopic (exact) mass is 218 g/mol. The van der Waals surface area contributed by atoms with Gasteiger partial charge in [-0.3, -0.25) is 0 Å². The van der Waals surface area contributed by atoms with Gasteiger partial charge in [0.15, 0.2) is 0 Å². The maximum atomic E-state index is 8.91. The Labute approximate surface area is 98.9 Å². The third-order valence-electron chi connectivity index (χ3n) is 3.03. The first kappa shape index (κ1) is 9.68. The molecule has 17 heavy (non-hydrogen) atoms. The second-order valence-corrected chi connectivity index (χ2v) is 4.06. The van der Waals surface area contributed by atoms with Gasteiger partial charge in [-0.2, -0.15) is 5.26 Å². The molecular formula is C15H10N2. The van der Waals surface area contributed by atoms with Gasteiger partial charge in [0.05, 0.1) is 11.6 Å². The Morgan fingerprint density at radius 2 is 1.65 bits per heavy atom. The molecule has 0 radical (unpaired) electrons. The van der Waals surface area contributed by atoms with Crippen molar-refractivity contribution in [1.29, 1.82) is 5.26 Å². The highest BCUT2D eigenvalue weighted by atomic mass is 14.6. The van der Waals surface area contributed by atoms with Crippen LogP contribution in [0.2, 0.25) is 0 Å². The predicted octanol–water partition coefficient (Wildman–Crippen LogP) is 3.45. The zero-order chi connectivity index (χ0) is 11.8. The van der Waals surface area contributed by atoms with Crippen LogP contribution >= 0.6 is 0 Å². The number of fused-ring (bicyclic) bond motifs is 2. The lowest BCUT2D eigenvalue weighted by Gasteiger charge is -2.07. The average molecular weight is 218 g/mol. The van der Waals surface area contributed by atoms with Gasteiger partial charge in [-0.1, -0.05) is 30.3 Å². The average Bonchev–Trinajstić information content (AvgIpc) is 2.39. The highest BCUT2D eigenvalue weighted by Gasteiger charge is 2.04. The molecule has 0 aliphatic carbocycles. The van der Waals surface area contributed by atoms with E-state index < -0.39 is 0 Å². The van der Waals surface area contributed by atoms with Crippen LogP contribution in [0.5, 0.6) is 0 Å². The smallest absolute Gasteiger partial charge is 0.0991 e. The van der Waals surface area contributed by atoms with E-state index in [4.69, 9.17) is 11.0 Å². The van der Waals surface area contributed by atoms with Crippen molar-refractivity contribution in [3.05, 3.63) is 54.1 Å². The third kappa shape index (κ3) is 1.41. The molecule has 3 aromatic rings. The maximum Gasteiger partial charge on any atom is 0.0991 e. The van der Waals surface area contributed by atoms with Crippen LogP contribution in [0, 0.1) is 11.3 Å². The molecule has 0 unspecified atom stereocenters. The standard InChI is InChI=1S/C15H10N2/c16-9-10-5-6-12-8-11-3-1-2-4-13(11)15(17)14(12)7-10/h1-8H,17H2. The summed E-state index contributed by atoms with van der Waals surface area (Å²) < 4.78 is 0. The molecule has 0 amide bonds. The fraction of sp³-hybridized carbons (Fsp3) is 0. The Bertz CT molecular complexity index is 767. The lowest BCUT2D eigenvalue weighted by atomic mass is 10.00. The van der Waals surface area contributed by atoms with Crippen LogP contribution in [0.4, 0.5) is 5.69 Å². The first-order chi connectivity index (χ1) is 8.29. The van der Waals surface area contributed by atoms with E-state index in [-0.39, 0.29) is 0 Å². The van der Waals surface area contributed by atoms with Gasteiger partial charge in [-0.05, 0) is 29.0 Å². The van der Waals surface area contributed by atoms with E-state index in [2.05, 4.69) is 12.1 Å². The van der Waals surface area contributed by atoms with Crippen molar-refractivity contribution in [1.82, 2.24) is 0 Å². The van der Waals surface area contributed by atoms with E-state index in [1.807, 2.05) is 42.5 Å². The highest BCUT2D eigenvalue weighted by molar-refractivity contribution is 6.10. The summed E-state index contributed by atoms with van der Waals surface area (Å²) in [7, 11) is 0. The SMILES string of the molecule is N#Cc1ccc2cc3ccccc3c(N)c2c1. The zero-order valence-corrected chi connectivity index (χ0v) is 9.14. The predicted molar refractivity (Wildman–Crippen MR) is 70.6 cm³/mol. The Morgan fingerprint density at radius 3 is 2.47 bits per heavy atom. The van der Waals surface area contributed by atoms with Crippen molar-refractivity contribution in [3.8, 4) is 6.07 Å². The molecule has 0 aromatic heterocycles. The van der Waals surface area contributed by atoms with E-state index in [0.717, 1.165) is 27.2 Å². The third-order valence-corrected chi connectivity index (χ3v) is 3.03. The van der Waals surface area contributed by atoms with Crippen LogP contribution in [0.3, 0.4) is 0 Å². The van der Waals surface area contributed by atoms with Crippen LogP contribution in [-0.2, 0) is 0 Å². The molecule has 0 spiro atoms. The van der Waals surface area contributed by atoms with Crippen LogP contribution < -0.4 is 5.73 Å². The topological polar surface area (TPSA) is 49.8 Å². The number of nitrogen functional groups attached to an aromatic ring is 1. The first-order valence-electron chi connectivity index (χ1n) is 5.41. The molecule has 0 aliphatic rings. The minimum atomic E-state index is 0.638. The number of rotatable bonds is 0. The molecule has 3 aromatic carbocycles. The molecule has 80 valence electrons. The summed E-state index contributed by atoms with van der Waals surface area (Å²) >= 11 is 0. The van der Waals surface area contributed by atoms with Gasteiger partial charge in [0.25, 0.3) is 0 Å². The quantitative estimate of drug-likeness (QED) is 0.464. The maximum absolute atomic E-state index is 8.91. The van der Waals surface area contributed by atoms with E-state index in [0.29, 0.717) is 5.56 Å². The van der Waals surface area contributed by atoms with Crippen molar-refractivity contribution >= 4 is 27.2 Å². The molecule has 0 fully saturated rings. The summed E-state index contributed by atoms with van der Waals surface area (Å²) in [5, 5.41) is 13.1. The Balaban J connectivity index is 2.52. The van der Waals surface area contributed by atoms with Gasteiger partial charge in [0.1, 0.15) is 0 Å². The van der Waals surface area contributed by atoms with Crippen molar-refractivity contribution in [2.75, 3.05) is 5.73 Å². The fourth-order valence-electron chi connectivity index (χ4n) is 2.17. The van der Waals surface area contributed by atoms with Gasteiger partial charge >= 0.3 is 0 Å². The lowest BCUT2D eigenvalue weighted by Crippen LogP contribution is -1.90. The summed E-state index contributed by atoms with van der Waals surface area (Å²) in [5.41, 5.74) is 7.55. The fourth-order valence-corrected chi connectivity index (χ4v) is 2.17. The van der Waals surface area contributed by atoms with Gasteiger partial charge < -0.3 is 5.73 Å². The van der Waals surface area contributed by atoms with Crippen LogP contribution in [0.1, 0.15) is 5.56 Å². The van der Waals surface area contributed by atoms with Crippen LogP contribution in [0.15, 0.2) is 48.5 Å². The molecule has 0 saturated carbocycles. The first-order valence-corrected chi connectivity index (χ1v) is 5.41. The molecular weight excluding hydrogens is 208 g/mol. The Hall–Kier alpha value is -2.53. The largest absolute Gasteiger partial charge is 0.398 e. The summed E-state index contributed by atoms with van der Waals surface area (Å²) in [6.45, 7) is 0. The summed E-state index contributed by atoms with van der Waals surface area (Å²) in [6, 6.07) is 17.9. The van der Waals surface area contributed by atoms with Gasteiger partial charge in [0.2, 0.25) is 0 Å². The Kier molecular flexibility index (Phi) is 1.99. The lowest BCUT2D eigenvalue weighted by molar-refractivity contribution is 1.50. The van der Waals surface area contributed by atoms with Crippen molar-refractivity contribution in [3.63, 3.8) is 0 Å². The Morgan fingerprint density at radius 1 is 0.882 bits per heavy atom. The number of nitriles is 1. The zero-order valence-electron chi connectivity index (χ0n) is 9.14. The summed E-state index contributed by atoms with van der Waals surface area (Å²) in [4.78, 5) is 0. The number of benzene rings is 3. The minimum absolute atomic E-state index is 0.638. The molecule has 0 saturated heterocycles. The van der Waals surface area contributed by atoms with E-state index in [1.54, 1.807) is 0 Å². The summed E-state index contributed by atoms with van der Waals surface area (Å²) in [5.74, 6) is 0. The number of hydrogen-bond donors (Lipinski definition) is 1. The van der Waals surface area contributed by atoms with Crippen molar-refractivity contribution < 1.29 is 0 Å². The van der Waals surface area contributed by atoms with E-state index in [1.165, 1.54) is 0 Å². The summed E-state index contributed by atoms with van der Waals surface area (Å²) in [6.07, 6.45) is 0. The number of anilines is 1.